The molecule has 4 nitrogen and oxygen atoms in total. The van der Waals surface area contributed by atoms with Gasteiger partial charge in [0, 0.05) is 6.54 Å². The van der Waals surface area contributed by atoms with Gasteiger partial charge in [0.25, 0.3) is 0 Å². The van der Waals surface area contributed by atoms with Crippen molar-refractivity contribution in [2.75, 3.05) is 11.9 Å². The van der Waals surface area contributed by atoms with Gasteiger partial charge in [-0.25, -0.2) is 9.97 Å². The Morgan fingerprint density at radius 3 is 2.53 bits per heavy atom. The highest BCUT2D eigenvalue weighted by Gasteiger charge is 2.30. The van der Waals surface area contributed by atoms with Gasteiger partial charge in [-0.3, -0.25) is 0 Å². The Bertz CT molecular complexity index is 322. The zero-order valence-electron chi connectivity index (χ0n) is 8.41. The maximum Gasteiger partial charge on any atom is 0.222 e. The maximum atomic E-state index is 10.1. The highest BCUT2D eigenvalue weighted by molar-refractivity contribution is 6.30. The van der Waals surface area contributed by atoms with Crippen LogP contribution in [0, 0.1) is 0 Å². The van der Waals surface area contributed by atoms with Gasteiger partial charge in [0.05, 0.1) is 23.0 Å². The van der Waals surface area contributed by atoms with Crippen molar-refractivity contribution in [2.45, 2.75) is 31.3 Å². The summed E-state index contributed by atoms with van der Waals surface area (Å²) in [4.78, 5) is 8.01. The molecule has 1 aromatic heterocycles. The van der Waals surface area contributed by atoms with Gasteiger partial charge in [-0.15, -0.1) is 0 Å². The third-order valence-electron chi connectivity index (χ3n) is 2.73. The number of hydrogen-bond acceptors (Lipinski definition) is 4. The molecule has 1 fully saturated rings. The van der Waals surface area contributed by atoms with Crippen LogP contribution >= 0.6 is 11.6 Å². The van der Waals surface area contributed by atoms with Crippen LogP contribution in [0.1, 0.15) is 25.7 Å². The fourth-order valence-electron chi connectivity index (χ4n) is 1.86. The zero-order valence-corrected chi connectivity index (χ0v) is 9.17. The van der Waals surface area contributed by atoms with E-state index in [1.807, 2.05) is 0 Å². The minimum Gasteiger partial charge on any atom is -0.388 e. The molecule has 1 aromatic rings. The number of nitrogens with zero attached hydrogens (tertiary/aromatic N) is 2. The molecular formula is C10H14ClN3O. The lowest BCUT2D eigenvalue weighted by Gasteiger charge is -2.22. The van der Waals surface area contributed by atoms with E-state index in [4.69, 9.17) is 11.6 Å². The number of aromatic nitrogens is 2. The van der Waals surface area contributed by atoms with Gasteiger partial charge in [0.1, 0.15) is 0 Å². The molecule has 0 saturated heterocycles. The van der Waals surface area contributed by atoms with Gasteiger partial charge >= 0.3 is 0 Å². The lowest BCUT2D eigenvalue weighted by Crippen LogP contribution is -2.33. The molecule has 0 amide bonds. The molecule has 1 heterocycles. The second kappa shape index (κ2) is 4.33. The van der Waals surface area contributed by atoms with Gasteiger partial charge in [-0.2, -0.15) is 0 Å². The Hall–Kier alpha value is -0.870. The van der Waals surface area contributed by atoms with Crippen LogP contribution in [-0.4, -0.2) is 27.2 Å². The molecular weight excluding hydrogens is 214 g/mol. The minimum atomic E-state index is -0.580. The number of nitrogens with one attached hydrogen (secondary N) is 1. The van der Waals surface area contributed by atoms with Gasteiger partial charge < -0.3 is 10.4 Å². The number of rotatable bonds is 3. The van der Waals surface area contributed by atoms with E-state index in [0.29, 0.717) is 17.5 Å². The average Bonchev–Trinajstić information content (AvgIpc) is 2.65. The van der Waals surface area contributed by atoms with Gasteiger partial charge in [-0.05, 0) is 12.8 Å². The van der Waals surface area contributed by atoms with Crippen molar-refractivity contribution in [2.24, 2.45) is 0 Å². The van der Waals surface area contributed by atoms with Crippen molar-refractivity contribution >= 4 is 17.5 Å². The van der Waals surface area contributed by atoms with E-state index in [1.165, 1.54) is 12.4 Å². The van der Waals surface area contributed by atoms with Crippen LogP contribution in [0.5, 0.6) is 0 Å². The van der Waals surface area contributed by atoms with Crippen molar-refractivity contribution in [1.82, 2.24) is 9.97 Å². The summed E-state index contributed by atoms with van der Waals surface area (Å²) < 4.78 is 0. The number of hydrogen-bond donors (Lipinski definition) is 2. The first-order chi connectivity index (χ1) is 7.18. The maximum absolute atomic E-state index is 10.1. The summed E-state index contributed by atoms with van der Waals surface area (Å²) in [6, 6.07) is 0. The van der Waals surface area contributed by atoms with E-state index in [2.05, 4.69) is 15.3 Å². The standard InChI is InChI=1S/C10H14ClN3O/c11-8-5-12-9(13-6-8)14-7-10(15)3-1-2-4-10/h5-6,15H,1-4,7H2,(H,12,13,14). The van der Waals surface area contributed by atoms with E-state index in [9.17, 15) is 5.11 Å². The fraction of sp³-hybridized carbons (Fsp3) is 0.600. The summed E-state index contributed by atoms with van der Waals surface area (Å²) in [6.07, 6.45) is 6.98. The van der Waals surface area contributed by atoms with Crippen molar-refractivity contribution in [3.63, 3.8) is 0 Å². The van der Waals surface area contributed by atoms with Crippen LogP contribution in [-0.2, 0) is 0 Å². The van der Waals surface area contributed by atoms with Gasteiger partial charge in [-0.1, -0.05) is 24.4 Å². The smallest absolute Gasteiger partial charge is 0.222 e. The van der Waals surface area contributed by atoms with E-state index < -0.39 is 5.60 Å². The molecule has 0 radical (unpaired) electrons. The number of aliphatic hydroxyl groups is 1. The first-order valence-electron chi connectivity index (χ1n) is 5.12. The molecule has 0 aliphatic heterocycles. The fourth-order valence-corrected chi connectivity index (χ4v) is 1.95. The van der Waals surface area contributed by atoms with Crippen molar-refractivity contribution in [3.8, 4) is 0 Å². The number of anilines is 1. The molecule has 0 bridgehead atoms. The zero-order chi connectivity index (χ0) is 10.7. The molecule has 82 valence electrons. The molecule has 0 spiro atoms. The van der Waals surface area contributed by atoms with Crippen LogP contribution in [0.2, 0.25) is 5.02 Å². The molecule has 0 aromatic carbocycles. The number of halogens is 1. The van der Waals surface area contributed by atoms with Crippen LogP contribution < -0.4 is 5.32 Å². The van der Waals surface area contributed by atoms with E-state index in [-0.39, 0.29) is 0 Å². The van der Waals surface area contributed by atoms with Crippen LogP contribution in [0.25, 0.3) is 0 Å². The van der Waals surface area contributed by atoms with Gasteiger partial charge in [0.15, 0.2) is 0 Å². The monoisotopic (exact) mass is 227 g/mol. The Morgan fingerprint density at radius 2 is 1.93 bits per heavy atom. The summed E-state index contributed by atoms with van der Waals surface area (Å²) in [5.41, 5.74) is -0.580. The molecule has 0 atom stereocenters. The predicted molar refractivity (Wildman–Crippen MR) is 58.9 cm³/mol. The molecule has 2 N–H and O–H groups in total. The van der Waals surface area contributed by atoms with E-state index >= 15 is 0 Å². The molecule has 0 unspecified atom stereocenters. The third kappa shape index (κ3) is 2.79. The molecule has 1 saturated carbocycles. The second-order valence-corrected chi connectivity index (χ2v) is 4.45. The first kappa shape index (κ1) is 10.6. The van der Waals surface area contributed by atoms with E-state index in [1.54, 1.807) is 0 Å². The largest absolute Gasteiger partial charge is 0.388 e. The highest BCUT2D eigenvalue weighted by atomic mass is 35.5. The third-order valence-corrected chi connectivity index (χ3v) is 2.93. The predicted octanol–water partition coefficient (Wildman–Crippen LogP) is 1.85. The Kier molecular flexibility index (Phi) is 3.07. The quantitative estimate of drug-likeness (QED) is 0.828. The summed E-state index contributed by atoms with van der Waals surface area (Å²) in [5.74, 6) is 0.514. The Labute approximate surface area is 93.7 Å². The normalized spacial score (nSPS) is 19.1. The highest BCUT2D eigenvalue weighted by Crippen LogP contribution is 2.29. The lowest BCUT2D eigenvalue weighted by molar-refractivity contribution is 0.0613. The molecule has 1 aliphatic carbocycles. The summed E-state index contributed by atoms with van der Waals surface area (Å²) in [7, 11) is 0. The SMILES string of the molecule is OC1(CNc2ncc(Cl)cn2)CCCC1. The minimum absolute atomic E-state index is 0.509. The molecule has 15 heavy (non-hydrogen) atoms. The Morgan fingerprint density at radius 1 is 1.33 bits per heavy atom. The lowest BCUT2D eigenvalue weighted by atomic mass is 10.0. The summed E-state index contributed by atoms with van der Waals surface area (Å²) in [6.45, 7) is 0.509. The molecule has 5 heteroatoms. The van der Waals surface area contributed by atoms with Crippen LogP contribution in [0.15, 0.2) is 12.4 Å². The topological polar surface area (TPSA) is 58.0 Å². The first-order valence-corrected chi connectivity index (χ1v) is 5.50. The summed E-state index contributed by atoms with van der Waals surface area (Å²) >= 11 is 5.66. The summed E-state index contributed by atoms with van der Waals surface area (Å²) in [5, 5.41) is 13.6. The molecule has 2 rings (SSSR count). The van der Waals surface area contributed by atoms with Gasteiger partial charge in [0.2, 0.25) is 5.95 Å². The van der Waals surface area contributed by atoms with Crippen molar-refractivity contribution in [3.05, 3.63) is 17.4 Å². The van der Waals surface area contributed by atoms with E-state index in [0.717, 1.165) is 25.7 Å². The average molecular weight is 228 g/mol. The van der Waals surface area contributed by atoms with Crippen LogP contribution in [0.4, 0.5) is 5.95 Å². The van der Waals surface area contributed by atoms with Crippen LogP contribution in [0.3, 0.4) is 0 Å². The van der Waals surface area contributed by atoms with Crippen molar-refractivity contribution in [1.29, 1.82) is 0 Å². The second-order valence-electron chi connectivity index (χ2n) is 4.01. The van der Waals surface area contributed by atoms with Crippen molar-refractivity contribution < 1.29 is 5.11 Å². The Balaban J connectivity index is 1.90. The molecule has 1 aliphatic rings.